The highest BCUT2D eigenvalue weighted by Gasteiger charge is 2.16. The summed E-state index contributed by atoms with van der Waals surface area (Å²) in [6.07, 6.45) is 4.63. The summed E-state index contributed by atoms with van der Waals surface area (Å²) in [5, 5.41) is 30.2. The molecule has 8 heteroatoms. The van der Waals surface area contributed by atoms with Crippen LogP contribution in [0.1, 0.15) is 25.7 Å². The van der Waals surface area contributed by atoms with Gasteiger partial charge >= 0.3 is 0 Å². The van der Waals surface area contributed by atoms with Crippen molar-refractivity contribution in [3.63, 3.8) is 0 Å². The highest BCUT2D eigenvalue weighted by atomic mass is 16.1. The molecule has 8 nitrogen and oxygen atoms in total. The van der Waals surface area contributed by atoms with Crippen molar-refractivity contribution in [3.8, 4) is 23.4 Å². The van der Waals surface area contributed by atoms with Crippen LogP contribution in [0.3, 0.4) is 0 Å². The maximum atomic E-state index is 12.1. The van der Waals surface area contributed by atoms with Gasteiger partial charge in [-0.2, -0.15) is 20.7 Å². The second kappa shape index (κ2) is 9.10. The molecule has 1 aliphatic heterocycles. The van der Waals surface area contributed by atoms with Crippen molar-refractivity contribution in [3.05, 3.63) is 52.8 Å². The van der Waals surface area contributed by atoms with E-state index in [9.17, 15) is 4.79 Å². The predicted molar refractivity (Wildman–Crippen MR) is 121 cm³/mol. The molecule has 0 radical (unpaired) electrons. The number of hydrogen-bond donors (Lipinski definition) is 2. The molecule has 4 rings (SSSR count). The number of H-pyrrole nitrogens is 1. The van der Waals surface area contributed by atoms with Gasteiger partial charge in [-0.1, -0.05) is 37.1 Å². The normalized spacial score (nSPS) is 13.7. The standard InChI is InChI=1S/C23H21N7O/c24-14-17(15-25)26-27-20-13-16(9-10-21(20)30-11-5-1-2-6-12-30)22-18-7-3-4-8-19(18)23(31)29-28-22/h3-4,7-10,13,27H,1-2,5-6,11-12H2,(H,29,31). The molecule has 31 heavy (non-hydrogen) atoms. The second-order valence-electron chi connectivity index (χ2n) is 7.38. The topological polar surface area (TPSA) is 121 Å². The lowest BCUT2D eigenvalue weighted by Gasteiger charge is -2.25. The number of nitrogens with zero attached hydrogens (tertiary/aromatic N) is 5. The molecule has 1 aliphatic rings. The molecule has 0 bridgehead atoms. The molecule has 0 spiro atoms. The quantitative estimate of drug-likeness (QED) is 0.498. The number of anilines is 2. The molecule has 3 aromatic rings. The molecule has 1 aromatic heterocycles. The molecule has 2 N–H and O–H groups in total. The van der Waals surface area contributed by atoms with Gasteiger partial charge in [0.05, 0.1) is 22.5 Å². The van der Waals surface area contributed by atoms with Crippen LogP contribution in [0, 0.1) is 22.7 Å². The van der Waals surface area contributed by atoms with Crippen LogP contribution in [-0.4, -0.2) is 29.0 Å². The Kier molecular flexibility index (Phi) is 5.91. The summed E-state index contributed by atoms with van der Waals surface area (Å²) in [4.78, 5) is 14.4. The maximum Gasteiger partial charge on any atom is 0.272 e. The van der Waals surface area contributed by atoms with E-state index in [0.717, 1.165) is 42.6 Å². The van der Waals surface area contributed by atoms with Crippen LogP contribution in [-0.2, 0) is 0 Å². The first-order chi connectivity index (χ1) is 15.2. The van der Waals surface area contributed by atoms with Gasteiger partial charge in [-0.15, -0.1) is 0 Å². The van der Waals surface area contributed by atoms with Gasteiger partial charge in [0.25, 0.3) is 5.56 Å². The Morgan fingerprint density at radius 3 is 2.45 bits per heavy atom. The molecule has 154 valence electrons. The highest BCUT2D eigenvalue weighted by molar-refractivity contribution is 6.10. The molecule has 0 saturated carbocycles. The van der Waals surface area contributed by atoms with Crippen LogP contribution in [0.25, 0.3) is 22.0 Å². The Bertz CT molecular complexity index is 1260. The van der Waals surface area contributed by atoms with Crippen LogP contribution in [0.15, 0.2) is 52.4 Å². The van der Waals surface area contributed by atoms with Crippen LogP contribution in [0.2, 0.25) is 0 Å². The van der Waals surface area contributed by atoms with E-state index in [2.05, 4.69) is 25.6 Å². The maximum absolute atomic E-state index is 12.1. The summed E-state index contributed by atoms with van der Waals surface area (Å²) in [7, 11) is 0. The van der Waals surface area contributed by atoms with Crippen LogP contribution in [0.5, 0.6) is 0 Å². The highest BCUT2D eigenvalue weighted by Crippen LogP contribution is 2.34. The lowest BCUT2D eigenvalue weighted by Crippen LogP contribution is -2.24. The SMILES string of the molecule is N#CC(C#N)=NNc1cc(-c2n[nH]c(=O)c3ccccc23)ccc1N1CCCCCC1. The molecule has 0 amide bonds. The Labute approximate surface area is 179 Å². The fourth-order valence-corrected chi connectivity index (χ4v) is 3.89. The van der Waals surface area contributed by atoms with Crippen LogP contribution < -0.4 is 15.9 Å². The zero-order chi connectivity index (χ0) is 21.6. The van der Waals surface area contributed by atoms with E-state index in [0.29, 0.717) is 16.8 Å². The first-order valence-corrected chi connectivity index (χ1v) is 10.2. The third kappa shape index (κ3) is 4.24. The summed E-state index contributed by atoms with van der Waals surface area (Å²) in [6.45, 7) is 1.86. The molecule has 2 aromatic carbocycles. The minimum absolute atomic E-state index is 0.240. The van der Waals surface area contributed by atoms with E-state index < -0.39 is 0 Å². The van der Waals surface area contributed by atoms with E-state index in [1.165, 1.54) is 12.8 Å². The number of aromatic nitrogens is 2. The van der Waals surface area contributed by atoms with E-state index in [-0.39, 0.29) is 11.3 Å². The number of hydrazone groups is 1. The van der Waals surface area contributed by atoms with Gasteiger partial charge in [0.1, 0.15) is 12.1 Å². The van der Waals surface area contributed by atoms with Gasteiger partial charge in [0.15, 0.2) is 0 Å². The molecular formula is C23H21N7O. The zero-order valence-electron chi connectivity index (χ0n) is 16.9. The zero-order valence-corrected chi connectivity index (χ0v) is 16.9. The first-order valence-electron chi connectivity index (χ1n) is 10.2. The fraction of sp³-hybridized carbons (Fsp3) is 0.261. The van der Waals surface area contributed by atoms with Gasteiger partial charge in [-0.25, -0.2) is 5.10 Å². The van der Waals surface area contributed by atoms with Crippen molar-refractivity contribution in [2.45, 2.75) is 25.7 Å². The van der Waals surface area contributed by atoms with Crippen molar-refractivity contribution in [1.82, 2.24) is 10.2 Å². The van der Waals surface area contributed by atoms with Crippen molar-refractivity contribution in [1.29, 1.82) is 10.5 Å². The van der Waals surface area contributed by atoms with Crippen LogP contribution >= 0.6 is 0 Å². The first kappa shape index (κ1) is 20.1. The second-order valence-corrected chi connectivity index (χ2v) is 7.38. The molecule has 2 heterocycles. The lowest BCUT2D eigenvalue weighted by atomic mass is 10.0. The fourth-order valence-electron chi connectivity index (χ4n) is 3.89. The summed E-state index contributed by atoms with van der Waals surface area (Å²) in [5.74, 6) is 0. The molecule has 1 fully saturated rings. The summed E-state index contributed by atoms with van der Waals surface area (Å²) < 4.78 is 0. The Morgan fingerprint density at radius 2 is 1.74 bits per heavy atom. The Morgan fingerprint density at radius 1 is 1.03 bits per heavy atom. The van der Waals surface area contributed by atoms with Gasteiger partial charge in [0.2, 0.25) is 5.71 Å². The number of hydrogen-bond acceptors (Lipinski definition) is 7. The van der Waals surface area contributed by atoms with Crippen LogP contribution in [0.4, 0.5) is 11.4 Å². The summed E-state index contributed by atoms with van der Waals surface area (Å²) in [5.41, 5.74) is 5.49. The van der Waals surface area contributed by atoms with Crippen molar-refractivity contribution in [2.24, 2.45) is 5.10 Å². The number of benzene rings is 2. The number of rotatable bonds is 4. The Hall–Kier alpha value is -4.17. The average Bonchev–Trinajstić information content (AvgIpc) is 3.10. The molecule has 0 atom stereocenters. The molecule has 0 unspecified atom stereocenters. The van der Waals surface area contributed by atoms with Crippen molar-refractivity contribution < 1.29 is 0 Å². The lowest BCUT2D eigenvalue weighted by molar-refractivity contribution is 0.726. The molecule has 0 aliphatic carbocycles. The van der Waals surface area contributed by atoms with Gasteiger partial charge in [-0.05, 0) is 31.0 Å². The van der Waals surface area contributed by atoms with E-state index >= 15 is 0 Å². The minimum Gasteiger partial charge on any atom is -0.370 e. The smallest absolute Gasteiger partial charge is 0.272 e. The summed E-state index contributed by atoms with van der Waals surface area (Å²) >= 11 is 0. The minimum atomic E-state index is -0.250. The molecular weight excluding hydrogens is 390 g/mol. The largest absolute Gasteiger partial charge is 0.370 e. The third-order valence-electron chi connectivity index (χ3n) is 5.41. The molecule has 1 saturated heterocycles. The monoisotopic (exact) mass is 411 g/mol. The number of aromatic amines is 1. The number of nitrogens with one attached hydrogen (secondary N) is 2. The average molecular weight is 411 g/mol. The number of nitriles is 2. The van der Waals surface area contributed by atoms with Gasteiger partial charge < -0.3 is 4.90 Å². The Balaban J connectivity index is 1.82. The van der Waals surface area contributed by atoms with Gasteiger partial charge in [-0.3, -0.25) is 10.2 Å². The third-order valence-corrected chi connectivity index (χ3v) is 5.41. The van der Waals surface area contributed by atoms with Gasteiger partial charge in [0, 0.05) is 24.0 Å². The van der Waals surface area contributed by atoms with Crippen molar-refractivity contribution in [2.75, 3.05) is 23.4 Å². The van der Waals surface area contributed by atoms with E-state index in [4.69, 9.17) is 10.5 Å². The van der Waals surface area contributed by atoms with E-state index in [1.807, 2.05) is 36.4 Å². The van der Waals surface area contributed by atoms with Crippen molar-refractivity contribution >= 4 is 27.9 Å². The predicted octanol–water partition coefficient (Wildman–Crippen LogP) is 3.79. The van der Waals surface area contributed by atoms with E-state index in [1.54, 1.807) is 18.2 Å². The number of fused-ring (bicyclic) bond motifs is 1. The summed E-state index contributed by atoms with van der Waals surface area (Å²) in [6, 6.07) is 16.7.